The number of carboxylic acids is 1. The Balaban J connectivity index is 4.31. The molecule has 0 spiro atoms. The fraction of sp³-hybridized carbons (Fsp3) is 0.765. The zero-order chi connectivity index (χ0) is 21.5. The molecule has 0 rings (SSSR count). The third kappa shape index (κ3) is 11.5. The van der Waals surface area contributed by atoms with Gasteiger partial charge in [0.05, 0.1) is 12.6 Å². The highest BCUT2D eigenvalue weighted by atomic mass is 16.4. The number of carboxylic acid groups (broad SMARTS) is 1. The van der Waals surface area contributed by atoms with E-state index in [1.807, 2.05) is 0 Å². The molecule has 0 aliphatic rings. The van der Waals surface area contributed by atoms with Crippen LogP contribution in [0.1, 0.15) is 45.4 Å². The molecule has 0 aromatic carbocycles. The van der Waals surface area contributed by atoms with Crippen LogP contribution in [0.25, 0.3) is 0 Å². The summed E-state index contributed by atoms with van der Waals surface area (Å²) in [5.41, 5.74) is 16.5. The van der Waals surface area contributed by atoms with Crippen LogP contribution in [-0.4, -0.2) is 66.6 Å². The number of nitrogens with two attached hydrogens (primary N) is 3. The average molecular weight is 402 g/mol. The van der Waals surface area contributed by atoms with Crippen LogP contribution in [0.2, 0.25) is 0 Å². The van der Waals surface area contributed by atoms with E-state index in [-0.39, 0.29) is 13.0 Å². The molecule has 0 aromatic heterocycles. The molecule has 0 saturated carbocycles. The number of rotatable bonds is 15. The first-order valence-electron chi connectivity index (χ1n) is 9.48. The Morgan fingerprint density at radius 1 is 0.893 bits per heavy atom. The highest BCUT2D eigenvalue weighted by molar-refractivity contribution is 5.92. The van der Waals surface area contributed by atoms with Gasteiger partial charge in [-0.15, -0.1) is 0 Å². The number of hydrogen-bond donors (Lipinski definition) is 7. The van der Waals surface area contributed by atoms with Gasteiger partial charge in [0.2, 0.25) is 17.7 Å². The average Bonchev–Trinajstić information content (AvgIpc) is 2.65. The van der Waals surface area contributed by atoms with Crippen LogP contribution in [0.4, 0.5) is 0 Å². The third-order valence-corrected chi connectivity index (χ3v) is 4.06. The summed E-state index contributed by atoms with van der Waals surface area (Å²) in [6, 6.07) is -2.74. The maximum Gasteiger partial charge on any atom is 0.326 e. The Morgan fingerprint density at radius 3 is 2.00 bits per heavy atom. The van der Waals surface area contributed by atoms with Crippen molar-refractivity contribution >= 4 is 23.7 Å². The maximum absolute atomic E-state index is 12.1. The summed E-state index contributed by atoms with van der Waals surface area (Å²) in [7, 11) is 0. The summed E-state index contributed by atoms with van der Waals surface area (Å²) in [4.78, 5) is 47.0. The molecule has 0 saturated heterocycles. The summed E-state index contributed by atoms with van der Waals surface area (Å²) < 4.78 is 0. The lowest BCUT2D eigenvalue weighted by Crippen LogP contribution is -2.52. The molecule has 162 valence electrons. The molecule has 0 aromatic rings. The van der Waals surface area contributed by atoms with E-state index < -0.39 is 41.8 Å². The van der Waals surface area contributed by atoms with Crippen molar-refractivity contribution < 1.29 is 24.3 Å². The van der Waals surface area contributed by atoms with E-state index in [2.05, 4.69) is 16.0 Å². The number of unbranched alkanes of at least 4 members (excludes halogenated alkanes) is 2. The van der Waals surface area contributed by atoms with Gasteiger partial charge in [-0.05, 0) is 52.1 Å². The molecule has 28 heavy (non-hydrogen) atoms. The van der Waals surface area contributed by atoms with Gasteiger partial charge in [-0.1, -0.05) is 6.42 Å². The van der Waals surface area contributed by atoms with Crippen LogP contribution >= 0.6 is 0 Å². The Bertz CT molecular complexity index is 516. The number of amides is 3. The summed E-state index contributed by atoms with van der Waals surface area (Å²) in [5.74, 6) is -2.83. The van der Waals surface area contributed by atoms with Crippen LogP contribution in [0.5, 0.6) is 0 Å². The third-order valence-electron chi connectivity index (χ3n) is 4.06. The van der Waals surface area contributed by atoms with Crippen molar-refractivity contribution in [2.45, 2.75) is 63.6 Å². The smallest absolute Gasteiger partial charge is 0.326 e. The second-order valence-corrected chi connectivity index (χ2v) is 6.58. The van der Waals surface area contributed by atoms with Crippen molar-refractivity contribution in [2.75, 3.05) is 19.6 Å². The molecule has 0 radical (unpaired) electrons. The first-order valence-corrected chi connectivity index (χ1v) is 9.48. The summed E-state index contributed by atoms with van der Waals surface area (Å²) in [6.07, 6.45) is 3.40. The van der Waals surface area contributed by atoms with Gasteiger partial charge in [-0.25, -0.2) is 4.79 Å². The lowest BCUT2D eigenvalue weighted by Gasteiger charge is -2.19. The van der Waals surface area contributed by atoms with Gasteiger partial charge in [-0.3, -0.25) is 14.4 Å². The van der Waals surface area contributed by atoms with E-state index in [0.717, 1.165) is 6.42 Å². The van der Waals surface area contributed by atoms with Gasteiger partial charge >= 0.3 is 5.97 Å². The zero-order valence-electron chi connectivity index (χ0n) is 16.4. The molecule has 11 heteroatoms. The van der Waals surface area contributed by atoms with Gasteiger partial charge < -0.3 is 38.3 Å². The standard InChI is InChI=1S/C17H34N6O5/c1-11(15(25)23-13(17(27)28)7-3-5-9-19)22-14(24)10-21-16(26)12(20)6-2-4-8-18/h11-13H,2-10,18-20H2,1H3,(H,21,26)(H,22,24)(H,23,25)(H,27,28). The Hall–Kier alpha value is -2.24. The number of hydrogen-bond acceptors (Lipinski definition) is 7. The van der Waals surface area contributed by atoms with Crippen molar-refractivity contribution in [3.8, 4) is 0 Å². The lowest BCUT2D eigenvalue weighted by molar-refractivity contribution is -0.142. The van der Waals surface area contributed by atoms with Crippen molar-refractivity contribution in [1.82, 2.24) is 16.0 Å². The lowest BCUT2D eigenvalue weighted by atomic mass is 10.1. The largest absolute Gasteiger partial charge is 0.480 e. The van der Waals surface area contributed by atoms with Crippen molar-refractivity contribution in [3.05, 3.63) is 0 Å². The minimum atomic E-state index is -1.15. The Labute approximate surface area is 165 Å². The van der Waals surface area contributed by atoms with Gasteiger partial charge in [0.25, 0.3) is 0 Å². The zero-order valence-corrected chi connectivity index (χ0v) is 16.4. The molecule has 3 atom stereocenters. The van der Waals surface area contributed by atoms with E-state index in [0.29, 0.717) is 38.8 Å². The second-order valence-electron chi connectivity index (χ2n) is 6.58. The van der Waals surface area contributed by atoms with E-state index in [4.69, 9.17) is 22.3 Å². The van der Waals surface area contributed by atoms with E-state index in [1.54, 1.807) is 0 Å². The molecule has 10 N–H and O–H groups in total. The summed E-state index contributed by atoms with van der Waals surface area (Å²) in [6.45, 7) is 2.05. The van der Waals surface area contributed by atoms with Crippen LogP contribution in [0.15, 0.2) is 0 Å². The summed E-state index contributed by atoms with van der Waals surface area (Å²) in [5, 5.41) is 16.3. The van der Waals surface area contributed by atoms with E-state index >= 15 is 0 Å². The molecule has 0 aliphatic carbocycles. The molecular weight excluding hydrogens is 368 g/mol. The number of carbonyl (C=O) groups is 4. The summed E-state index contributed by atoms with van der Waals surface area (Å²) >= 11 is 0. The second kappa shape index (κ2) is 14.8. The Morgan fingerprint density at radius 2 is 1.46 bits per heavy atom. The van der Waals surface area contributed by atoms with Crippen LogP contribution < -0.4 is 33.2 Å². The van der Waals surface area contributed by atoms with Gasteiger partial charge in [0.15, 0.2) is 0 Å². The van der Waals surface area contributed by atoms with Crippen LogP contribution in [0, 0.1) is 0 Å². The number of carbonyl (C=O) groups excluding carboxylic acids is 3. The molecule has 3 amide bonds. The first-order chi connectivity index (χ1) is 13.2. The number of nitrogens with one attached hydrogen (secondary N) is 3. The number of aliphatic carboxylic acids is 1. The maximum atomic E-state index is 12.1. The van der Waals surface area contributed by atoms with Gasteiger partial charge in [0.1, 0.15) is 12.1 Å². The normalized spacial score (nSPS) is 13.9. The fourth-order valence-electron chi connectivity index (χ4n) is 2.34. The minimum Gasteiger partial charge on any atom is -0.480 e. The quantitative estimate of drug-likeness (QED) is 0.149. The fourth-order valence-corrected chi connectivity index (χ4v) is 2.34. The SMILES string of the molecule is CC(NC(=O)CNC(=O)C(N)CCCCN)C(=O)NC(CCCCN)C(=O)O. The predicted octanol–water partition coefficient (Wildman–Crippen LogP) is -2.24. The molecule has 0 heterocycles. The van der Waals surface area contributed by atoms with E-state index in [9.17, 15) is 19.2 Å². The topological polar surface area (TPSA) is 203 Å². The van der Waals surface area contributed by atoms with Crippen molar-refractivity contribution in [3.63, 3.8) is 0 Å². The molecule has 11 nitrogen and oxygen atoms in total. The van der Waals surface area contributed by atoms with Crippen molar-refractivity contribution in [2.24, 2.45) is 17.2 Å². The predicted molar refractivity (Wildman–Crippen MR) is 104 cm³/mol. The van der Waals surface area contributed by atoms with Crippen molar-refractivity contribution in [1.29, 1.82) is 0 Å². The molecule has 0 fully saturated rings. The Kier molecular flexibility index (Phi) is 13.6. The molecule has 0 bridgehead atoms. The molecule has 3 unspecified atom stereocenters. The molecular formula is C17H34N6O5. The highest BCUT2D eigenvalue weighted by Crippen LogP contribution is 2.01. The minimum absolute atomic E-state index is 0.247. The van der Waals surface area contributed by atoms with Gasteiger partial charge in [0, 0.05) is 0 Å². The highest BCUT2D eigenvalue weighted by Gasteiger charge is 2.23. The van der Waals surface area contributed by atoms with Crippen LogP contribution in [0.3, 0.4) is 0 Å². The van der Waals surface area contributed by atoms with Gasteiger partial charge in [-0.2, -0.15) is 0 Å². The molecule has 0 aliphatic heterocycles. The van der Waals surface area contributed by atoms with Crippen LogP contribution in [-0.2, 0) is 19.2 Å². The first kappa shape index (κ1) is 25.8. The van der Waals surface area contributed by atoms with E-state index in [1.165, 1.54) is 6.92 Å². The monoisotopic (exact) mass is 402 g/mol.